The molecule has 0 aromatic heterocycles. The first-order valence-corrected chi connectivity index (χ1v) is 7.29. The minimum absolute atomic E-state index is 0.0703. The van der Waals surface area contributed by atoms with Gasteiger partial charge in [-0.15, -0.1) is 0 Å². The number of carbonyl (C=O) groups excluding carboxylic acids is 1. The van der Waals surface area contributed by atoms with Gasteiger partial charge in [0.25, 0.3) is 0 Å². The van der Waals surface area contributed by atoms with E-state index in [2.05, 4.69) is 9.44 Å². The van der Waals surface area contributed by atoms with Gasteiger partial charge in [0.1, 0.15) is 10.6 Å². The van der Waals surface area contributed by atoms with Crippen LogP contribution in [-0.2, 0) is 19.2 Å². The zero-order chi connectivity index (χ0) is 14.8. The number of nitrogens with zero attached hydrogens (tertiary/aromatic N) is 1. The molecule has 1 aromatic carbocycles. The Morgan fingerprint density at radius 1 is 1.10 bits per heavy atom. The largest absolute Gasteiger partial charge is 0.358 e. The van der Waals surface area contributed by atoms with Crippen molar-refractivity contribution in [2.75, 3.05) is 0 Å². The second-order valence-electron chi connectivity index (χ2n) is 4.34. The zero-order valence-corrected chi connectivity index (χ0v) is 11.8. The van der Waals surface area contributed by atoms with Crippen LogP contribution in [0.1, 0.15) is 12.5 Å². The van der Waals surface area contributed by atoms with Gasteiger partial charge >= 0.3 is 10.1 Å². The molecule has 0 bridgehead atoms. The number of allylic oxidation sites excluding steroid dienone is 4. The van der Waals surface area contributed by atoms with Gasteiger partial charge in [-0.1, -0.05) is 23.4 Å². The van der Waals surface area contributed by atoms with Crippen molar-refractivity contribution in [3.63, 3.8) is 0 Å². The molecule has 1 aliphatic carbocycles. The zero-order valence-electron chi connectivity index (χ0n) is 11.0. The predicted octanol–water partition coefficient (Wildman–Crippen LogP) is 2.14. The molecule has 0 heterocycles. The van der Waals surface area contributed by atoms with Crippen molar-refractivity contribution in [3.8, 4) is 0 Å². The van der Waals surface area contributed by atoms with Gasteiger partial charge < -0.3 is 0 Å². The van der Waals surface area contributed by atoms with Crippen LogP contribution in [0.5, 0.6) is 0 Å². The molecule has 0 radical (unpaired) electrons. The van der Waals surface area contributed by atoms with Crippen molar-refractivity contribution in [2.24, 2.45) is 5.16 Å². The highest BCUT2D eigenvalue weighted by atomic mass is 32.2. The number of carbonyl (C=O) groups is 1. The number of aryl methyl sites for hydroxylation is 1. The fourth-order valence-corrected chi connectivity index (χ4v) is 2.63. The summed E-state index contributed by atoms with van der Waals surface area (Å²) in [6, 6.07) is 6.47. The number of oxime groups is 1. The van der Waals surface area contributed by atoms with E-state index in [1.165, 1.54) is 24.3 Å². The van der Waals surface area contributed by atoms with Crippen LogP contribution in [-0.4, -0.2) is 19.9 Å². The first kappa shape index (κ1) is 14.2. The average molecular weight is 291 g/mol. The molecule has 6 heteroatoms. The van der Waals surface area contributed by atoms with Gasteiger partial charge in [-0.25, -0.2) is 0 Å². The predicted molar refractivity (Wildman–Crippen MR) is 74.8 cm³/mol. The Balaban J connectivity index is 2.25. The standard InChI is InChI=1S/C14H13NO4S/c1-10-5-3-4-6-14(10)20(17,18)19-15-12-7-8-13(16)11(2)9-12/h3-9H,1-2H3. The number of ketones is 1. The first-order valence-electron chi connectivity index (χ1n) is 5.88. The van der Waals surface area contributed by atoms with Crippen LogP contribution in [0.2, 0.25) is 0 Å². The van der Waals surface area contributed by atoms with Crippen LogP contribution in [0.25, 0.3) is 0 Å². The van der Waals surface area contributed by atoms with Gasteiger partial charge in [0.2, 0.25) is 0 Å². The number of benzene rings is 1. The van der Waals surface area contributed by atoms with E-state index in [-0.39, 0.29) is 16.4 Å². The third kappa shape index (κ3) is 3.03. The number of hydrogen-bond acceptors (Lipinski definition) is 5. The number of rotatable bonds is 3. The SMILES string of the molecule is CC1=CC(=NOS(=O)(=O)c2ccccc2C)C=CC1=O. The van der Waals surface area contributed by atoms with E-state index < -0.39 is 10.1 Å². The quantitative estimate of drug-likeness (QED) is 0.632. The second kappa shape index (κ2) is 5.42. The van der Waals surface area contributed by atoms with Crippen molar-refractivity contribution >= 4 is 21.6 Å². The van der Waals surface area contributed by atoms with Gasteiger partial charge in [0.15, 0.2) is 5.78 Å². The molecule has 1 aromatic rings. The molecule has 0 amide bonds. The fraction of sp³-hybridized carbons (Fsp3) is 0.143. The molecule has 0 aliphatic heterocycles. The summed E-state index contributed by atoms with van der Waals surface area (Å²) in [6.45, 7) is 3.30. The summed E-state index contributed by atoms with van der Waals surface area (Å²) in [4.78, 5) is 11.3. The van der Waals surface area contributed by atoms with Crippen LogP contribution in [0.3, 0.4) is 0 Å². The minimum Gasteiger partial charge on any atom is -0.290 e. The molecule has 5 nitrogen and oxygen atoms in total. The van der Waals surface area contributed by atoms with E-state index in [0.29, 0.717) is 11.1 Å². The lowest BCUT2D eigenvalue weighted by Gasteiger charge is -2.06. The molecular formula is C14H13NO4S. The normalized spacial score (nSPS) is 17.2. The molecule has 20 heavy (non-hydrogen) atoms. The minimum atomic E-state index is -3.96. The van der Waals surface area contributed by atoms with E-state index in [4.69, 9.17) is 0 Å². The lowest BCUT2D eigenvalue weighted by molar-refractivity contribution is -0.111. The van der Waals surface area contributed by atoms with Crippen LogP contribution in [0.15, 0.2) is 58.1 Å². The molecule has 2 rings (SSSR count). The Bertz CT molecular complexity index is 742. The summed E-state index contributed by atoms with van der Waals surface area (Å²) < 4.78 is 28.7. The van der Waals surface area contributed by atoms with Crippen LogP contribution >= 0.6 is 0 Å². The van der Waals surface area contributed by atoms with Crippen molar-refractivity contribution in [3.05, 3.63) is 53.6 Å². The highest BCUT2D eigenvalue weighted by molar-refractivity contribution is 7.86. The third-order valence-corrected chi connectivity index (χ3v) is 4.03. The average Bonchev–Trinajstić information content (AvgIpc) is 2.40. The first-order chi connectivity index (χ1) is 9.40. The molecule has 0 spiro atoms. The van der Waals surface area contributed by atoms with Crippen molar-refractivity contribution in [1.29, 1.82) is 0 Å². The summed E-state index contributed by atoms with van der Waals surface area (Å²) in [5.41, 5.74) is 1.33. The second-order valence-corrected chi connectivity index (χ2v) is 5.83. The van der Waals surface area contributed by atoms with Gasteiger partial charge in [-0.2, -0.15) is 8.42 Å². The number of hydrogen-bond donors (Lipinski definition) is 0. The Hall–Kier alpha value is -2.21. The van der Waals surface area contributed by atoms with Gasteiger partial charge in [0, 0.05) is 0 Å². The molecule has 0 atom stereocenters. The monoisotopic (exact) mass is 291 g/mol. The van der Waals surface area contributed by atoms with E-state index in [0.717, 1.165) is 0 Å². The maximum absolute atomic E-state index is 12.0. The Labute approximate surface area is 117 Å². The van der Waals surface area contributed by atoms with Crippen molar-refractivity contribution < 1.29 is 17.5 Å². The Kier molecular flexibility index (Phi) is 3.85. The summed E-state index contributed by atoms with van der Waals surface area (Å²) in [7, 11) is -3.96. The maximum atomic E-state index is 12.0. The summed E-state index contributed by atoms with van der Waals surface area (Å²) in [6.07, 6.45) is 4.19. The van der Waals surface area contributed by atoms with E-state index in [1.807, 2.05) is 0 Å². The van der Waals surface area contributed by atoms with Crippen molar-refractivity contribution in [2.45, 2.75) is 18.7 Å². The van der Waals surface area contributed by atoms with Gasteiger partial charge in [-0.3, -0.25) is 9.08 Å². The van der Waals surface area contributed by atoms with E-state index >= 15 is 0 Å². The maximum Gasteiger partial charge on any atom is 0.358 e. The smallest absolute Gasteiger partial charge is 0.290 e. The summed E-state index contributed by atoms with van der Waals surface area (Å²) in [5.74, 6) is -0.134. The third-order valence-electron chi connectivity index (χ3n) is 2.76. The molecule has 1 aliphatic rings. The van der Waals surface area contributed by atoms with Crippen molar-refractivity contribution in [1.82, 2.24) is 0 Å². The molecule has 0 fully saturated rings. The van der Waals surface area contributed by atoms with Gasteiger partial charge in [-0.05, 0) is 49.3 Å². The molecular weight excluding hydrogens is 278 g/mol. The Morgan fingerprint density at radius 2 is 1.80 bits per heavy atom. The van der Waals surface area contributed by atoms with Crippen LogP contribution in [0, 0.1) is 6.92 Å². The van der Waals surface area contributed by atoms with E-state index in [9.17, 15) is 13.2 Å². The van der Waals surface area contributed by atoms with Gasteiger partial charge in [0.05, 0.1) is 0 Å². The highest BCUT2D eigenvalue weighted by Crippen LogP contribution is 2.17. The highest BCUT2D eigenvalue weighted by Gasteiger charge is 2.18. The lowest BCUT2D eigenvalue weighted by Crippen LogP contribution is -2.09. The van der Waals surface area contributed by atoms with Crippen LogP contribution in [0.4, 0.5) is 0 Å². The molecule has 0 saturated carbocycles. The molecule has 0 unspecified atom stereocenters. The fourth-order valence-electron chi connectivity index (χ4n) is 1.66. The molecule has 104 valence electrons. The topological polar surface area (TPSA) is 72.8 Å². The van der Waals surface area contributed by atoms with Crippen LogP contribution < -0.4 is 0 Å². The summed E-state index contributed by atoms with van der Waals surface area (Å²) >= 11 is 0. The van der Waals surface area contributed by atoms with E-state index in [1.54, 1.807) is 32.0 Å². The summed E-state index contributed by atoms with van der Waals surface area (Å²) in [5, 5.41) is 3.57. The molecule has 0 saturated heterocycles. The lowest BCUT2D eigenvalue weighted by atomic mass is 10.1. The Morgan fingerprint density at radius 3 is 2.45 bits per heavy atom. The molecule has 0 N–H and O–H groups in total.